The summed E-state index contributed by atoms with van der Waals surface area (Å²) in [6.45, 7) is 0. The predicted octanol–water partition coefficient (Wildman–Crippen LogP) is 7.92. The summed E-state index contributed by atoms with van der Waals surface area (Å²) in [7, 11) is 0. The van der Waals surface area contributed by atoms with Gasteiger partial charge in [0.1, 0.15) is 21.5 Å². The molecule has 0 spiro atoms. The van der Waals surface area contributed by atoms with Gasteiger partial charge in [-0.05, 0) is 62.3 Å². The summed E-state index contributed by atoms with van der Waals surface area (Å²) in [4.78, 5) is 29.8. The number of fused-ring (bicyclic) bond motifs is 1. The van der Waals surface area contributed by atoms with Gasteiger partial charge in [-0.15, -0.1) is 11.3 Å². The predicted molar refractivity (Wildman–Crippen MR) is 143 cm³/mol. The lowest BCUT2D eigenvalue weighted by molar-refractivity contribution is -0.384. The van der Waals surface area contributed by atoms with E-state index >= 15 is 0 Å². The molecule has 2 aliphatic carbocycles. The molecule has 5 rings (SSSR count). The van der Waals surface area contributed by atoms with E-state index in [4.69, 9.17) is 27.6 Å². The third kappa shape index (κ3) is 5.21. The smallest absolute Gasteiger partial charge is 0.289 e. The molecule has 7 nitrogen and oxygen atoms in total. The Morgan fingerprint density at radius 2 is 1.89 bits per heavy atom. The number of rotatable bonds is 6. The number of amides is 1. The molecule has 3 aromatic rings. The van der Waals surface area contributed by atoms with Crippen molar-refractivity contribution in [3.8, 4) is 11.3 Å². The summed E-state index contributed by atoms with van der Waals surface area (Å²) in [6.07, 6.45) is 11.3. The molecule has 0 radical (unpaired) electrons. The number of aliphatic imine (C=N–C) groups is 1. The molecule has 1 amide bonds. The van der Waals surface area contributed by atoms with Crippen molar-refractivity contribution in [2.75, 3.05) is 0 Å². The molecular weight excluding hydrogens is 521 g/mol. The van der Waals surface area contributed by atoms with Gasteiger partial charge in [0.05, 0.1) is 21.7 Å². The largest absolute Gasteiger partial charge is 0.455 e. The number of furan rings is 1. The fourth-order valence-corrected chi connectivity index (χ4v) is 6.65. The van der Waals surface area contributed by atoms with Gasteiger partial charge in [-0.25, -0.2) is 4.99 Å². The summed E-state index contributed by atoms with van der Waals surface area (Å²) >= 11 is 13.9. The van der Waals surface area contributed by atoms with Crippen molar-refractivity contribution in [1.29, 1.82) is 0 Å². The quantitative estimate of drug-likeness (QED) is 0.193. The van der Waals surface area contributed by atoms with Crippen molar-refractivity contribution < 1.29 is 14.1 Å². The van der Waals surface area contributed by atoms with E-state index in [-0.39, 0.29) is 27.7 Å². The van der Waals surface area contributed by atoms with Crippen LogP contribution in [0.5, 0.6) is 0 Å². The minimum Gasteiger partial charge on any atom is -0.455 e. The van der Waals surface area contributed by atoms with Crippen molar-refractivity contribution >= 4 is 57.3 Å². The molecule has 0 saturated heterocycles. The van der Waals surface area contributed by atoms with Crippen molar-refractivity contribution in [1.82, 2.24) is 5.32 Å². The maximum absolute atomic E-state index is 13.3. The number of hydrogen-bond acceptors (Lipinski definition) is 6. The van der Waals surface area contributed by atoms with Crippen LogP contribution >= 0.6 is 34.5 Å². The van der Waals surface area contributed by atoms with Gasteiger partial charge in [0.2, 0.25) is 0 Å². The molecule has 0 unspecified atom stereocenters. The number of hydrogen-bond donors (Lipinski definition) is 1. The van der Waals surface area contributed by atoms with Crippen LogP contribution < -0.4 is 5.32 Å². The molecule has 2 aromatic heterocycles. The first kappa shape index (κ1) is 25.0. The van der Waals surface area contributed by atoms with Crippen molar-refractivity contribution in [2.45, 2.75) is 63.8 Å². The minimum absolute atomic E-state index is 0.0243. The molecule has 36 heavy (non-hydrogen) atoms. The molecule has 1 aromatic carbocycles. The highest BCUT2D eigenvalue weighted by Crippen LogP contribution is 2.41. The molecule has 10 heteroatoms. The monoisotopic (exact) mass is 545 g/mol. The van der Waals surface area contributed by atoms with Crippen LogP contribution in [0.4, 0.5) is 10.7 Å². The standard InChI is InChI=1S/C26H25Cl2N3O4S/c27-19-13-21(31(33)34)20(28)12-18(19)22-11-10-16(35-22)14-29-26-24(17-8-4-5-9-23(17)36-26)25(32)30-15-6-2-1-3-7-15/h10-15H,1-9H2,(H,30,32). The maximum atomic E-state index is 13.3. The van der Waals surface area contributed by atoms with Crippen LogP contribution in [0.2, 0.25) is 10.0 Å². The molecule has 0 atom stereocenters. The number of carbonyl (C=O) groups is 1. The molecule has 1 saturated carbocycles. The molecule has 1 N–H and O–H groups in total. The van der Waals surface area contributed by atoms with Crippen molar-refractivity contribution in [2.24, 2.45) is 4.99 Å². The average molecular weight is 546 g/mol. The average Bonchev–Trinajstić information content (AvgIpc) is 3.48. The number of aryl methyl sites for hydroxylation is 1. The second-order valence-electron chi connectivity index (χ2n) is 9.20. The normalized spacial score (nSPS) is 16.3. The molecule has 1 fully saturated rings. The number of halogens is 2. The number of nitro benzene ring substituents is 1. The highest BCUT2D eigenvalue weighted by molar-refractivity contribution is 7.16. The van der Waals surface area contributed by atoms with E-state index in [9.17, 15) is 14.9 Å². The first-order valence-corrected chi connectivity index (χ1v) is 13.7. The van der Waals surface area contributed by atoms with Crippen LogP contribution in [0, 0.1) is 10.1 Å². The Hall–Kier alpha value is -2.68. The van der Waals surface area contributed by atoms with Crippen LogP contribution in [0.25, 0.3) is 11.3 Å². The molecule has 0 bridgehead atoms. The van der Waals surface area contributed by atoms with Gasteiger partial charge >= 0.3 is 0 Å². The van der Waals surface area contributed by atoms with Crippen LogP contribution in [-0.4, -0.2) is 23.1 Å². The van der Waals surface area contributed by atoms with E-state index in [1.165, 1.54) is 23.4 Å². The Kier molecular flexibility index (Phi) is 7.46. The molecule has 188 valence electrons. The Bertz CT molecular complexity index is 1340. The first-order chi connectivity index (χ1) is 17.4. The summed E-state index contributed by atoms with van der Waals surface area (Å²) in [5.41, 5.74) is 2.03. The number of carbonyl (C=O) groups excluding carboxylic acids is 1. The van der Waals surface area contributed by atoms with E-state index in [2.05, 4.69) is 10.3 Å². The van der Waals surface area contributed by atoms with E-state index in [0.29, 0.717) is 27.6 Å². The highest BCUT2D eigenvalue weighted by Gasteiger charge is 2.27. The fourth-order valence-electron chi connectivity index (χ4n) is 4.94. The third-order valence-electron chi connectivity index (χ3n) is 6.75. The molecule has 2 heterocycles. The van der Waals surface area contributed by atoms with Gasteiger partial charge in [-0.3, -0.25) is 14.9 Å². The number of nitro groups is 1. The van der Waals surface area contributed by atoms with Crippen LogP contribution in [0.15, 0.2) is 33.7 Å². The fraction of sp³-hybridized carbons (Fsp3) is 0.385. The number of thiophene rings is 1. The van der Waals surface area contributed by atoms with Crippen molar-refractivity contribution in [3.63, 3.8) is 0 Å². The molecule has 0 aliphatic heterocycles. The Labute approximate surface area is 222 Å². The van der Waals surface area contributed by atoms with E-state index in [0.717, 1.165) is 56.9 Å². The first-order valence-electron chi connectivity index (χ1n) is 12.1. The Morgan fingerprint density at radius 1 is 1.11 bits per heavy atom. The van der Waals surface area contributed by atoms with Gasteiger partial charge in [0, 0.05) is 22.5 Å². The van der Waals surface area contributed by atoms with Gasteiger partial charge in [-0.1, -0.05) is 42.5 Å². The summed E-state index contributed by atoms with van der Waals surface area (Å²) in [5, 5.41) is 15.2. The summed E-state index contributed by atoms with van der Waals surface area (Å²) in [5.74, 6) is 0.862. The zero-order valence-corrected chi connectivity index (χ0v) is 21.8. The molecular formula is C26H25Cl2N3O4S. The van der Waals surface area contributed by atoms with Crippen LogP contribution in [-0.2, 0) is 12.8 Å². The number of benzene rings is 1. The second kappa shape index (κ2) is 10.7. The zero-order chi connectivity index (χ0) is 25.2. The summed E-state index contributed by atoms with van der Waals surface area (Å²) in [6, 6.07) is 6.31. The number of nitrogens with one attached hydrogen (secondary N) is 1. The lowest BCUT2D eigenvalue weighted by Crippen LogP contribution is -2.36. The van der Waals surface area contributed by atoms with Gasteiger partial charge < -0.3 is 9.73 Å². The topological polar surface area (TPSA) is 97.7 Å². The van der Waals surface area contributed by atoms with Crippen LogP contribution in [0.3, 0.4) is 0 Å². The van der Waals surface area contributed by atoms with Gasteiger partial charge in [0.15, 0.2) is 0 Å². The zero-order valence-electron chi connectivity index (χ0n) is 19.5. The second-order valence-corrected chi connectivity index (χ2v) is 11.1. The lowest BCUT2D eigenvalue weighted by atomic mass is 9.93. The van der Waals surface area contributed by atoms with Gasteiger partial charge in [-0.2, -0.15) is 0 Å². The Balaban J connectivity index is 1.41. The van der Waals surface area contributed by atoms with Gasteiger partial charge in [0.25, 0.3) is 11.6 Å². The molecule has 2 aliphatic rings. The third-order valence-corrected chi connectivity index (χ3v) is 8.57. The van der Waals surface area contributed by atoms with Crippen molar-refractivity contribution in [3.05, 3.63) is 66.2 Å². The number of nitrogens with zero attached hydrogens (tertiary/aromatic N) is 2. The lowest BCUT2D eigenvalue weighted by Gasteiger charge is -2.23. The Morgan fingerprint density at radius 3 is 2.67 bits per heavy atom. The minimum atomic E-state index is -0.582. The van der Waals surface area contributed by atoms with E-state index < -0.39 is 4.92 Å². The van der Waals surface area contributed by atoms with E-state index in [1.807, 2.05) is 0 Å². The maximum Gasteiger partial charge on any atom is 0.289 e. The highest BCUT2D eigenvalue weighted by atomic mass is 35.5. The summed E-state index contributed by atoms with van der Waals surface area (Å²) < 4.78 is 5.89. The van der Waals surface area contributed by atoms with E-state index in [1.54, 1.807) is 29.7 Å². The SMILES string of the molecule is O=C(NC1CCCCC1)c1c(N=Cc2ccc(-c3cc(Cl)c([N+](=O)[O-])cc3Cl)o2)sc2c1CCCC2. The van der Waals surface area contributed by atoms with Crippen LogP contribution in [0.1, 0.15) is 71.5 Å².